The number of aromatic amines is 1. The molecule has 9 nitrogen and oxygen atoms in total. The van der Waals surface area contributed by atoms with Crippen molar-refractivity contribution in [2.45, 2.75) is 25.6 Å². The molecule has 0 bridgehead atoms. The topological polar surface area (TPSA) is 139 Å². The van der Waals surface area contributed by atoms with Gasteiger partial charge in [-0.15, -0.1) is 0 Å². The lowest BCUT2D eigenvalue weighted by Gasteiger charge is -2.22. The number of aromatic nitrogens is 3. The second-order valence-electron chi connectivity index (χ2n) is 8.67. The molecule has 0 saturated heterocycles. The maximum Gasteiger partial charge on any atom is 0.416 e. The Morgan fingerprint density at radius 2 is 1.79 bits per heavy atom. The van der Waals surface area contributed by atoms with Crippen LogP contribution in [0.2, 0.25) is 0 Å². The standard InChI is InChI=1S/C25H27F4N7O2/c26-19-11-15(3-4-16(19)14-36(9-1-7-30)10-2-8-31)18-13-32-23(34-22(18)37)35-24-33-20-6-5-17(25(27,28)29)12-21(20)38-24/h3-6,11-13H,1-2,7-10,14,30-31H2,(H2,32,33,34,35,37). The molecule has 2 aromatic carbocycles. The number of nitrogens with zero attached hydrogens (tertiary/aromatic N) is 3. The summed E-state index contributed by atoms with van der Waals surface area (Å²) >= 11 is 0. The Balaban J connectivity index is 1.49. The summed E-state index contributed by atoms with van der Waals surface area (Å²) in [7, 11) is 0. The van der Waals surface area contributed by atoms with Crippen LogP contribution in [0, 0.1) is 5.82 Å². The van der Waals surface area contributed by atoms with E-state index < -0.39 is 23.1 Å². The zero-order valence-electron chi connectivity index (χ0n) is 20.3. The Kier molecular flexibility index (Phi) is 8.39. The van der Waals surface area contributed by atoms with Crippen LogP contribution in [-0.4, -0.2) is 46.0 Å². The molecule has 2 aromatic heterocycles. The number of H-pyrrole nitrogens is 1. The van der Waals surface area contributed by atoms with Gasteiger partial charge in [0.1, 0.15) is 11.3 Å². The van der Waals surface area contributed by atoms with Gasteiger partial charge in [0.05, 0.1) is 11.1 Å². The van der Waals surface area contributed by atoms with Crippen LogP contribution in [0.1, 0.15) is 24.0 Å². The Hall–Kier alpha value is -3.81. The molecule has 13 heteroatoms. The molecule has 0 spiro atoms. The third kappa shape index (κ3) is 6.54. The Morgan fingerprint density at radius 1 is 1.05 bits per heavy atom. The molecule has 0 aliphatic carbocycles. The highest BCUT2D eigenvalue weighted by molar-refractivity contribution is 5.76. The van der Waals surface area contributed by atoms with Crippen molar-refractivity contribution < 1.29 is 22.0 Å². The molecule has 0 amide bonds. The van der Waals surface area contributed by atoms with Gasteiger partial charge in [-0.1, -0.05) is 12.1 Å². The minimum absolute atomic E-state index is 0.0473. The molecule has 0 aliphatic heterocycles. The number of oxazole rings is 1. The van der Waals surface area contributed by atoms with Crippen molar-refractivity contribution in [3.63, 3.8) is 0 Å². The fraction of sp³-hybridized carbons (Fsp3) is 0.320. The highest BCUT2D eigenvalue weighted by Gasteiger charge is 2.31. The van der Waals surface area contributed by atoms with Gasteiger partial charge in [0, 0.05) is 18.3 Å². The normalized spacial score (nSPS) is 12.0. The predicted molar refractivity (Wildman–Crippen MR) is 135 cm³/mol. The maximum atomic E-state index is 14.9. The van der Waals surface area contributed by atoms with Crippen LogP contribution in [-0.2, 0) is 12.7 Å². The van der Waals surface area contributed by atoms with Crippen molar-refractivity contribution >= 4 is 23.1 Å². The van der Waals surface area contributed by atoms with Gasteiger partial charge in [0.15, 0.2) is 5.58 Å². The molecular weight excluding hydrogens is 506 g/mol. The monoisotopic (exact) mass is 533 g/mol. The highest BCUT2D eigenvalue weighted by Crippen LogP contribution is 2.32. The molecule has 0 radical (unpaired) electrons. The summed E-state index contributed by atoms with van der Waals surface area (Å²) in [6.45, 7) is 2.90. The Bertz CT molecular complexity index is 1440. The number of nitrogens with one attached hydrogen (secondary N) is 2. The molecule has 38 heavy (non-hydrogen) atoms. The molecule has 0 fully saturated rings. The van der Waals surface area contributed by atoms with Crippen molar-refractivity contribution in [3.05, 3.63) is 69.9 Å². The summed E-state index contributed by atoms with van der Waals surface area (Å²) in [5, 5.41) is 2.62. The first-order chi connectivity index (χ1) is 18.2. The summed E-state index contributed by atoms with van der Waals surface area (Å²) in [5.41, 5.74) is 10.8. The van der Waals surface area contributed by atoms with Crippen LogP contribution in [0.3, 0.4) is 0 Å². The zero-order valence-corrected chi connectivity index (χ0v) is 20.3. The van der Waals surface area contributed by atoms with Crippen molar-refractivity contribution in [3.8, 4) is 11.1 Å². The number of halogens is 4. The number of benzene rings is 2. The molecule has 2 heterocycles. The summed E-state index contributed by atoms with van der Waals surface area (Å²) in [4.78, 5) is 25.4. The fourth-order valence-electron chi connectivity index (χ4n) is 3.90. The van der Waals surface area contributed by atoms with E-state index in [0.717, 1.165) is 38.1 Å². The van der Waals surface area contributed by atoms with Crippen molar-refractivity contribution in [2.24, 2.45) is 11.5 Å². The van der Waals surface area contributed by atoms with Crippen LogP contribution in [0.5, 0.6) is 0 Å². The van der Waals surface area contributed by atoms with Gasteiger partial charge < -0.3 is 15.9 Å². The van der Waals surface area contributed by atoms with Gasteiger partial charge in [-0.05, 0) is 68.8 Å². The SMILES string of the molecule is NCCCN(CCCN)Cc1ccc(-c2cnc(Nc3nc4ccc(C(F)(F)F)cc4o3)[nH]c2=O)cc1F. The van der Waals surface area contributed by atoms with Crippen molar-refractivity contribution in [1.29, 1.82) is 0 Å². The van der Waals surface area contributed by atoms with Crippen LogP contribution < -0.4 is 22.3 Å². The summed E-state index contributed by atoms with van der Waals surface area (Å²) in [6.07, 6.45) is -1.70. The van der Waals surface area contributed by atoms with Gasteiger partial charge >= 0.3 is 12.2 Å². The van der Waals surface area contributed by atoms with E-state index in [2.05, 4.69) is 25.2 Å². The fourth-order valence-corrected chi connectivity index (χ4v) is 3.90. The van der Waals surface area contributed by atoms with Crippen LogP contribution >= 0.6 is 0 Å². The van der Waals surface area contributed by atoms with Gasteiger partial charge in [0.25, 0.3) is 5.56 Å². The molecule has 4 rings (SSSR count). The first-order valence-corrected chi connectivity index (χ1v) is 11.9. The first kappa shape index (κ1) is 27.2. The molecule has 202 valence electrons. The number of anilines is 2. The lowest BCUT2D eigenvalue weighted by Crippen LogP contribution is -2.28. The number of nitrogens with two attached hydrogens (primary N) is 2. The first-order valence-electron chi connectivity index (χ1n) is 11.9. The Morgan fingerprint density at radius 3 is 2.42 bits per heavy atom. The maximum absolute atomic E-state index is 14.9. The molecule has 0 unspecified atom stereocenters. The second kappa shape index (κ2) is 11.7. The zero-order chi connectivity index (χ0) is 27.3. The molecule has 0 saturated carbocycles. The van der Waals surface area contributed by atoms with Gasteiger partial charge in [-0.25, -0.2) is 9.37 Å². The lowest BCUT2D eigenvalue weighted by molar-refractivity contribution is -0.137. The number of hydrogen-bond donors (Lipinski definition) is 4. The van der Waals surface area contributed by atoms with E-state index >= 15 is 0 Å². The van der Waals surface area contributed by atoms with E-state index in [1.54, 1.807) is 12.1 Å². The van der Waals surface area contributed by atoms with E-state index in [-0.39, 0.29) is 28.6 Å². The molecule has 0 aliphatic rings. The van der Waals surface area contributed by atoms with Gasteiger partial charge in [0.2, 0.25) is 5.95 Å². The predicted octanol–water partition coefficient (Wildman–Crippen LogP) is 3.98. The second-order valence-corrected chi connectivity index (χ2v) is 8.67. The molecule has 0 atom stereocenters. The number of alkyl halides is 3. The number of rotatable bonds is 11. The average molecular weight is 534 g/mol. The summed E-state index contributed by atoms with van der Waals surface area (Å²) < 4.78 is 59.0. The van der Waals surface area contributed by atoms with E-state index in [0.29, 0.717) is 30.8 Å². The molecular formula is C25H27F4N7O2. The van der Waals surface area contributed by atoms with E-state index in [9.17, 15) is 22.4 Å². The summed E-state index contributed by atoms with van der Waals surface area (Å²) in [5.74, 6) is -0.506. The lowest BCUT2D eigenvalue weighted by atomic mass is 10.1. The third-order valence-electron chi connectivity index (χ3n) is 5.86. The Labute approximate surface area is 214 Å². The molecule has 6 N–H and O–H groups in total. The minimum Gasteiger partial charge on any atom is -0.423 e. The van der Waals surface area contributed by atoms with Crippen LogP contribution in [0.15, 0.2) is 51.8 Å². The van der Waals surface area contributed by atoms with Gasteiger partial charge in [-0.3, -0.25) is 20.0 Å². The van der Waals surface area contributed by atoms with Crippen LogP contribution in [0.4, 0.5) is 29.5 Å². The number of hydrogen-bond acceptors (Lipinski definition) is 8. The number of fused-ring (bicyclic) bond motifs is 1. The van der Waals surface area contributed by atoms with Crippen LogP contribution in [0.25, 0.3) is 22.2 Å². The average Bonchev–Trinajstić information content (AvgIpc) is 3.28. The van der Waals surface area contributed by atoms with Gasteiger partial charge in [-0.2, -0.15) is 18.2 Å². The largest absolute Gasteiger partial charge is 0.423 e. The highest BCUT2D eigenvalue weighted by atomic mass is 19.4. The van der Waals surface area contributed by atoms with Crippen molar-refractivity contribution in [1.82, 2.24) is 19.9 Å². The minimum atomic E-state index is -4.52. The van der Waals surface area contributed by atoms with E-state index in [1.165, 1.54) is 18.3 Å². The molecule has 4 aromatic rings. The smallest absolute Gasteiger partial charge is 0.416 e. The van der Waals surface area contributed by atoms with E-state index in [4.69, 9.17) is 15.9 Å². The van der Waals surface area contributed by atoms with E-state index in [1.807, 2.05) is 0 Å². The van der Waals surface area contributed by atoms with Crippen molar-refractivity contribution in [2.75, 3.05) is 31.5 Å². The third-order valence-corrected chi connectivity index (χ3v) is 5.86. The quantitative estimate of drug-likeness (QED) is 0.212. The summed E-state index contributed by atoms with van der Waals surface area (Å²) in [6, 6.07) is 7.30.